The Bertz CT molecular complexity index is 447. The summed E-state index contributed by atoms with van der Waals surface area (Å²) in [7, 11) is 2.12. The fourth-order valence-corrected chi connectivity index (χ4v) is 2.53. The number of hydrogen-bond donors (Lipinski definition) is 1. The van der Waals surface area contributed by atoms with E-state index in [0.29, 0.717) is 18.1 Å². The van der Waals surface area contributed by atoms with Crippen LogP contribution in [-0.2, 0) is 0 Å². The summed E-state index contributed by atoms with van der Waals surface area (Å²) >= 11 is 0. The predicted octanol–water partition coefficient (Wildman–Crippen LogP) is 2.03. The van der Waals surface area contributed by atoms with E-state index in [1.807, 2.05) is 12.1 Å². The summed E-state index contributed by atoms with van der Waals surface area (Å²) in [5, 5.41) is 18.0. The van der Waals surface area contributed by atoms with Gasteiger partial charge in [0.2, 0.25) is 0 Å². The van der Waals surface area contributed by atoms with E-state index >= 15 is 0 Å². The molecule has 0 spiro atoms. The molecule has 1 N–H and O–H groups in total. The summed E-state index contributed by atoms with van der Waals surface area (Å²) in [6.07, 6.45) is 2.82. The molecule has 0 unspecified atom stereocenters. The lowest BCUT2D eigenvalue weighted by Gasteiger charge is -2.34. The van der Waals surface area contributed by atoms with Gasteiger partial charge in [-0.25, -0.2) is 0 Å². The summed E-state index contributed by atoms with van der Waals surface area (Å²) in [4.78, 5) is 2.30. The Kier molecular flexibility index (Phi) is 5.40. The van der Waals surface area contributed by atoms with Gasteiger partial charge in [-0.15, -0.1) is 0 Å². The zero-order chi connectivity index (χ0) is 14.4. The Morgan fingerprint density at radius 1 is 1.35 bits per heavy atom. The molecule has 0 atom stereocenters. The maximum absolute atomic E-state index is 9.25. The lowest BCUT2D eigenvalue weighted by Crippen LogP contribution is -2.37. The second-order valence-corrected chi connectivity index (χ2v) is 5.59. The largest absolute Gasteiger partial charge is 0.494 e. The highest BCUT2D eigenvalue weighted by Gasteiger charge is 2.27. The van der Waals surface area contributed by atoms with Crippen LogP contribution in [0.1, 0.15) is 24.8 Å². The molecular formula is C16H22N2O2. The molecule has 0 heterocycles. The molecule has 2 rings (SSSR count). The van der Waals surface area contributed by atoms with Crippen LogP contribution in [0.5, 0.6) is 5.75 Å². The first kappa shape index (κ1) is 14.8. The zero-order valence-corrected chi connectivity index (χ0v) is 12.0. The Balaban J connectivity index is 1.57. The molecule has 1 aromatic rings. The molecule has 1 fully saturated rings. The van der Waals surface area contributed by atoms with Crippen molar-refractivity contribution in [1.29, 1.82) is 5.26 Å². The first-order valence-electron chi connectivity index (χ1n) is 7.17. The van der Waals surface area contributed by atoms with Crippen molar-refractivity contribution in [2.45, 2.75) is 25.4 Å². The molecule has 0 saturated heterocycles. The monoisotopic (exact) mass is 274 g/mol. The van der Waals surface area contributed by atoms with Gasteiger partial charge in [0.25, 0.3) is 0 Å². The highest BCUT2D eigenvalue weighted by Crippen LogP contribution is 2.27. The molecule has 20 heavy (non-hydrogen) atoms. The molecule has 1 aliphatic rings. The molecule has 0 bridgehead atoms. The number of aliphatic hydroxyl groups is 1. The Morgan fingerprint density at radius 3 is 2.65 bits per heavy atom. The van der Waals surface area contributed by atoms with Crippen LogP contribution >= 0.6 is 0 Å². The van der Waals surface area contributed by atoms with Gasteiger partial charge >= 0.3 is 0 Å². The minimum atomic E-state index is -0.0619. The second-order valence-electron chi connectivity index (χ2n) is 5.59. The molecule has 108 valence electrons. The predicted molar refractivity (Wildman–Crippen MR) is 77.5 cm³/mol. The maximum atomic E-state index is 9.25. The fourth-order valence-electron chi connectivity index (χ4n) is 2.53. The van der Waals surface area contributed by atoms with Crippen molar-refractivity contribution in [2.75, 3.05) is 26.7 Å². The smallest absolute Gasteiger partial charge is 0.119 e. The van der Waals surface area contributed by atoms with Gasteiger partial charge in [0.1, 0.15) is 5.75 Å². The summed E-state index contributed by atoms with van der Waals surface area (Å²) in [6.45, 7) is 2.75. The van der Waals surface area contributed by atoms with Gasteiger partial charge in [0, 0.05) is 13.1 Å². The van der Waals surface area contributed by atoms with Crippen molar-refractivity contribution in [2.24, 2.45) is 5.92 Å². The van der Waals surface area contributed by atoms with Gasteiger partial charge in [-0.05, 0) is 56.5 Å². The van der Waals surface area contributed by atoms with Crippen molar-refractivity contribution in [3.8, 4) is 11.8 Å². The molecule has 0 aromatic heterocycles. The summed E-state index contributed by atoms with van der Waals surface area (Å²) in [5.74, 6) is 1.48. The summed E-state index contributed by atoms with van der Waals surface area (Å²) in [6, 6.07) is 9.29. The minimum Gasteiger partial charge on any atom is -0.494 e. The lowest BCUT2D eigenvalue weighted by atomic mass is 9.82. The maximum Gasteiger partial charge on any atom is 0.119 e. The van der Waals surface area contributed by atoms with Crippen molar-refractivity contribution >= 4 is 0 Å². The van der Waals surface area contributed by atoms with E-state index in [2.05, 4.69) is 18.0 Å². The van der Waals surface area contributed by atoms with Gasteiger partial charge in [-0.3, -0.25) is 0 Å². The molecule has 0 radical (unpaired) electrons. The average Bonchev–Trinajstić information content (AvgIpc) is 2.42. The number of nitriles is 1. The van der Waals surface area contributed by atoms with Crippen molar-refractivity contribution in [3.05, 3.63) is 29.8 Å². The van der Waals surface area contributed by atoms with E-state index in [9.17, 15) is 5.11 Å². The number of aliphatic hydroxyl groups excluding tert-OH is 1. The van der Waals surface area contributed by atoms with E-state index in [1.165, 1.54) is 0 Å². The molecule has 4 nitrogen and oxygen atoms in total. The Morgan fingerprint density at radius 2 is 2.05 bits per heavy atom. The zero-order valence-electron chi connectivity index (χ0n) is 12.0. The third-order valence-corrected chi connectivity index (χ3v) is 3.72. The molecule has 0 amide bonds. The minimum absolute atomic E-state index is 0.0619. The van der Waals surface area contributed by atoms with Crippen molar-refractivity contribution < 1.29 is 9.84 Å². The highest BCUT2D eigenvalue weighted by atomic mass is 16.5. The van der Waals surface area contributed by atoms with E-state index in [1.54, 1.807) is 12.1 Å². The molecule has 4 heteroatoms. The van der Waals surface area contributed by atoms with E-state index in [-0.39, 0.29) is 6.10 Å². The average molecular weight is 274 g/mol. The van der Waals surface area contributed by atoms with Crippen LogP contribution in [0.4, 0.5) is 0 Å². The summed E-state index contributed by atoms with van der Waals surface area (Å²) < 4.78 is 5.64. The first-order valence-corrected chi connectivity index (χ1v) is 7.17. The van der Waals surface area contributed by atoms with Gasteiger partial charge in [-0.1, -0.05) is 0 Å². The lowest BCUT2D eigenvalue weighted by molar-refractivity contribution is 0.0278. The van der Waals surface area contributed by atoms with Crippen LogP contribution in [0.15, 0.2) is 24.3 Å². The third kappa shape index (κ3) is 4.52. The van der Waals surface area contributed by atoms with Gasteiger partial charge in [0.15, 0.2) is 0 Å². The van der Waals surface area contributed by atoms with E-state index < -0.39 is 0 Å². The third-order valence-electron chi connectivity index (χ3n) is 3.72. The van der Waals surface area contributed by atoms with Crippen LogP contribution in [-0.4, -0.2) is 42.9 Å². The van der Waals surface area contributed by atoms with Gasteiger partial charge in [0.05, 0.1) is 24.3 Å². The highest BCUT2D eigenvalue weighted by molar-refractivity contribution is 5.34. The molecular weight excluding hydrogens is 252 g/mol. The van der Waals surface area contributed by atoms with Crippen LogP contribution in [0.2, 0.25) is 0 Å². The topological polar surface area (TPSA) is 56.5 Å². The Labute approximate surface area is 120 Å². The van der Waals surface area contributed by atoms with Crippen LogP contribution < -0.4 is 4.74 Å². The Hall–Kier alpha value is -1.57. The van der Waals surface area contributed by atoms with Gasteiger partial charge in [-0.2, -0.15) is 5.26 Å². The van der Waals surface area contributed by atoms with Crippen LogP contribution in [0, 0.1) is 17.2 Å². The van der Waals surface area contributed by atoms with E-state index in [4.69, 9.17) is 10.00 Å². The molecule has 1 saturated carbocycles. The fraction of sp³-hybridized carbons (Fsp3) is 0.562. The normalized spacial score (nSPS) is 21.3. The van der Waals surface area contributed by atoms with Gasteiger partial charge < -0.3 is 14.7 Å². The SMILES string of the molecule is CN(CCCOc1ccc(C#N)cc1)CC1CC(O)C1. The second kappa shape index (κ2) is 7.28. The molecule has 1 aliphatic carbocycles. The van der Waals surface area contributed by atoms with Crippen LogP contribution in [0.3, 0.4) is 0 Å². The number of benzene rings is 1. The van der Waals surface area contributed by atoms with Crippen molar-refractivity contribution in [3.63, 3.8) is 0 Å². The standard InChI is InChI=1S/C16H22N2O2/c1-18(12-14-9-15(19)10-14)7-2-8-20-16-5-3-13(11-17)4-6-16/h3-6,14-15,19H,2,7-10,12H2,1H3. The quantitative estimate of drug-likeness (QED) is 0.773. The molecule has 1 aromatic carbocycles. The number of rotatable bonds is 7. The number of ether oxygens (including phenoxy) is 1. The van der Waals surface area contributed by atoms with Crippen LogP contribution in [0.25, 0.3) is 0 Å². The summed E-state index contributed by atoms with van der Waals surface area (Å²) in [5.41, 5.74) is 0.653. The van der Waals surface area contributed by atoms with E-state index in [0.717, 1.165) is 38.1 Å². The van der Waals surface area contributed by atoms with Crippen molar-refractivity contribution in [1.82, 2.24) is 4.90 Å². The number of nitrogens with zero attached hydrogens (tertiary/aromatic N) is 2. The first-order chi connectivity index (χ1) is 9.67. The number of hydrogen-bond acceptors (Lipinski definition) is 4. The molecule has 0 aliphatic heterocycles.